The lowest BCUT2D eigenvalue weighted by Crippen LogP contribution is -2.23. The largest absolute Gasteiger partial charge is 0.423 e. The Labute approximate surface area is 171 Å². The average molecular weight is 442 g/mol. The van der Waals surface area contributed by atoms with Crippen LogP contribution in [0.15, 0.2) is 60.7 Å². The summed E-state index contributed by atoms with van der Waals surface area (Å²) in [7, 11) is 0. The highest BCUT2D eigenvalue weighted by molar-refractivity contribution is 5.92. The zero-order valence-corrected chi connectivity index (χ0v) is 15.5. The molecule has 0 bridgehead atoms. The maximum Gasteiger partial charge on any atom is 0.422 e. The quantitative estimate of drug-likeness (QED) is 0.238. The van der Waals surface area contributed by atoms with Gasteiger partial charge in [0.2, 0.25) is 0 Å². The van der Waals surface area contributed by atoms with Gasteiger partial charge in [-0.15, -0.1) is 0 Å². The first-order valence-corrected chi connectivity index (χ1v) is 8.50. The second-order valence-electron chi connectivity index (χ2n) is 6.55. The Morgan fingerprint density at radius 1 is 0.710 bits per heavy atom. The molecular formula is C21H12F6O4. The van der Waals surface area contributed by atoms with E-state index in [4.69, 9.17) is 9.47 Å². The monoisotopic (exact) mass is 442 g/mol. The molecule has 0 fully saturated rings. The van der Waals surface area contributed by atoms with Gasteiger partial charge in [0.1, 0.15) is 22.6 Å². The van der Waals surface area contributed by atoms with Crippen molar-refractivity contribution in [3.8, 4) is 22.6 Å². The lowest BCUT2D eigenvalue weighted by Gasteiger charge is -2.11. The minimum absolute atomic E-state index is 0.130. The van der Waals surface area contributed by atoms with Crippen LogP contribution in [0, 0.1) is 0 Å². The van der Waals surface area contributed by atoms with Crippen molar-refractivity contribution >= 4 is 11.9 Å². The van der Waals surface area contributed by atoms with Crippen molar-refractivity contribution in [2.45, 2.75) is 18.8 Å². The topological polar surface area (TPSA) is 52.6 Å². The molecule has 1 aliphatic carbocycles. The van der Waals surface area contributed by atoms with Crippen LogP contribution in [0.1, 0.15) is 11.1 Å². The van der Waals surface area contributed by atoms with Crippen LogP contribution in [-0.4, -0.2) is 24.3 Å². The maximum atomic E-state index is 12.5. The fourth-order valence-corrected chi connectivity index (χ4v) is 2.86. The Bertz CT molecular complexity index is 1020. The highest BCUT2D eigenvalue weighted by atomic mass is 19.4. The number of esters is 2. The Morgan fingerprint density at radius 2 is 1.06 bits per heavy atom. The molecule has 0 saturated carbocycles. The number of hydrogen-bond donors (Lipinski definition) is 0. The fraction of sp³-hybridized carbons (Fsp3) is 0.143. The third kappa shape index (κ3) is 4.62. The summed E-state index contributed by atoms with van der Waals surface area (Å²) in [6.07, 6.45) is -9.62. The Balaban J connectivity index is 1.76. The van der Waals surface area contributed by atoms with E-state index in [1.54, 1.807) is 0 Å². The lowest BCUT2D eigenvalue weighted by molar-refractivity contribution is -0.143. The molecule has 0 N–H and O–H groups in total. The molecule has 162 valence electrons. The number of rotatable bonds is 4. The first kappa shape index (κ1) is 22.1. The van der Waals surface area contributed by atoms with Gasteiger partial charge >= 0.3 is 24.3 Å². The van der Waals surface area contributed by atoms with Crippen molar-refractivity contribution in [2.24, 2.45) is 0 Å². The van der Waals surface area contributed by atoms with Gasteiger partial charge in [-0.2, -0.15) is 26.3 Å². The molecule has 10 heteroatoms. The van der Waals surface area contributed by atoms with Gasteiger partial charge in [0.25, 0.3) is 0 Å². The molecule has 0 spiro atoms. The highest BCUT2D eigenvalue weighted by Crippen LogP contribution is 2.40. The SMILES string of the molecule is C=C(C(=O)Oc1ccc2c(c1)Cc1cc(OC(=O)C(=C)C(F)(F)F)ccc1-2)C(F)(F)F. The molecule has 2 aromatic carbocycles. The minimum atomic E-state index is -4.92. The first-order valence-electron chi connectivity index (χ1n) is 8.50. The average Bonchev–Trinajstić information content (AvgIpc) is 3.01. The van der Waals surface area contributed by atoms with Crippen molar-refractivity contribution < 1.29 is 45.4 Å². The van der Waals surface area contributed by atoms with E-state index < -0.39 is 35.4 Å². The smallest absolute Gasteiger partial charge is 0.422 e. The summed E-state index contributed by atoms with van der Waals surface area (Å²) in [6.45, 7) is 5.34. The highest BCUT2D eigenvalue weighted by Gasteiger charge is 2.39. The zero-order valence-electron chi connectivity index (χ0n) is 15.5. The molecule has 0 atom stereocenters. The minimum Gasteiger partial charge on any atom is -0.423 e. The van der Waals surface area contributed by atoms with Crippen LogP contribution in [0.5, 0.6) is 11.5 Å². The van der Waals surface area contributed by atoms with Gasteiger partial charge in [-0.1, -0.05) is 25.3 Å². The van der Waals surface area contributed by atoms with Gasteiger partial charge in [-0.05, 0) is 52.9 Å². The van der Waals surface area contributed by atoms with Crippen molar-refractivity contribution in [1.29, 1.82) is 0 Å². The number of carbonyl (C=O) groups excluding carboxylic acids is 2. The summed E-state index contributed by atoms with van der Waals surface area (Å²) in [4.78, 5) is 23.1. The van der Waals surface area contributed by atoms with Crippen LogP contribution >= 0.6 is 0 Å². The Kier molecular flexibility index (Phi) is 5.43. The van der Waals surface area contributed by atoms with Crippen LogP contribution in [0.2, 0.25) is 0 Å². The van der Waals surface area contributed by atoms with E-state index >= 15 is 0 Å². The molecule has 0 radical (unpaired) electrons. The molecule has 0 heterocycles. The predicted octanol–water partition coefficient (Wildman–Crippen LogP) is 5.31. The van der Waals surface area contributed by atoms with Crippen molar-refractivity contribution in [2.75, 3.05) is 0 Å². The van der Waals surface area contributed by atoms with Crippen molar-refractivity contribution in [1.82, 2.24) is 0 Å². The normalized spacial score (nSPS) is 12.6. The molecule has 0 aromatic heterocycles. The number of halogens is 6. The van der Waals surface area contributed by atoms with E-state index in [2.05, 4.69) is 13.2 Å². The third-order valence-electron chi connectivity index (χ3n) is 4.42. The van der Waals surface area contributed by atoms with Crippen LogP contribution in [0.3, 0.4) is 0 Å². The summed E-state index contributed by atoms with van der Waals surface area (Å²) >= 11 is 0. The number of alkyl halides is 6. The molecule has 2 aromatic rings. The molecule has 1 aliphatic rings. The number of hydrogen-bond acceptors (Lipinski definition) is 4. The molecule has 0 amide bonds. The molecule has 31 heavy (non-hydrogen) atoms. The van der Waals surface area contributed by atoms with E-state index in [9.17, 15) is 35.9 Å². The second kappa shape index (κ2) is 7.60. The molecule has 4 nitrogen and oxygen atoms in total. The molecule has 0 aliphatic heterocycles. The number of carbonyl (C=O) groups is 2. The van der Waals surface area contributed by atoms with Gasteiger partial charge in [-0.3, -0.25) is 0 Å². The van der Waals surface area contributed by atoms with Crippen molar-refractivity contribution in [3.05, 3.63) is 71.8 Å². The van der Waals surface area contributed by atoms with Gasteiger partial charge in [0.15, 0.2) is 0 Å². The summed E-state index contributed by atoms with van der Waals surface area (Å²) in [6, 6.07) is 8.39. The molecule has 3 rings (SSSR count). The Hall–Kier alpha value is -3.56. The van der Waals surface area contributed by atoms with E-state index in [0.717, 1.165) is 0 Å². The fourth-order valence-electron chi connectivity index (χ4n) is 2.86. The molecular weight excluding hydrogens is 430 g/mol. The number of benzene rings is 2. The molecule has 0 saturated heterocycles. The number of ether oxygens (including phenoxy) is 2. The summed E-state index contributed by atoms with van der Waals surface area (Å²) < 4.78 is 84.7. The van der Waals surface area contributed by atoms with Gasteiger partial charge < -0.3 is 9.47 Å². The third-order valence-corrected chi connectivity index (χ3v) is 4.42. The van der Waals surface area contributed by atoms with Crippen LogP contribution in [0.25, 0.3) is 11.1 Å². The van der Waals surface area contributed by atoms with Gasteiger partial charge in [0.05, 0.1) is 0 Å². The van der Waals surface area contributed by atoms with E-state index in [0.29, 0.717) is 22.3 Å². The van der Waals surface area contributed by atoms with E-state index in [1.165, 1.54) is 36.4 Å². The summed E-state index contributed by atoms with van der Waals surface area (Å²) in [5, 5.41) is 0. The first-order chi connectivity index (χ1) is 14.3. The second-order valence-corrected chi connectivity index (χ2v) is 6.55. The summed E-state index contributed by atoms with van der Waals surface area (Å²) in [5.41, 5.74) is -0.738. The Morgan fingerprint density at radius 3 is 1.39 bits per heavy atom. The van der Waals surface area contributed by atoms with Crippen LogP contribution < -0.4 is 9.47 Å². The van der Waals surface area contributed by atoms with Crippen molar-refractivity contribution in [3.63, 3.8) is 0 Å². The standard InChI is InChI=1S/C21H12F6O4/c1-10(20(22,23)24)18(28)30-14-3-5-16-12(8-14)7-13-9-15(4-6-17(13)16)31-19(29)11(2)21(25,26)27/h3-6,8-9H,1-2,7H2. The van der Waals surface area contributed by atoms with Crippen LogP contribution in [0.4, 0.5) is 26.3 Å². The van der Waals surface area contributed by atoms with E-state index in [1.807, 2.05) is 0 Å². The molecule has 0 unspecified atom stereocenters. The van der Waals surface area contributed by atoms with Gasteiger partial charge in [0, 0.05) is 0 Å². The van der Waals surface area contributed by atoms with Gasteiger partial charge in [-0.25, -0.2) is 9.59 Å². The number of fused-ring (bicyclic) bond motifs is 3. The van der Waals surface area contributed by atoms with Crippen LogP contribution in [-0.2, 0) is 16.0 Å². The predicted molar refractivity (Wildman–Crippen MR) is 96.3 cm³/mol. The summed E-state index contributed by atoms with van der Waals surface area (Å²) in [5.74, 6) is -3.53. The lowest BCUT2D eigenvalue weighted by atomic mass is 10.1. The zero-order chi connectivity index (χ0) is 23.1. The van der Waals surface area contributed by atoms with E-state index in [-0.39, 0.29) is 17.9 Å². The maximum absolute atomic E-state index is 12.5.